The van der Waals surface area contributed by atoms with Gasteiger partial charge in [-0.05, 0) is 56.5 Å². The molecule has 132 valence electrons. The first-order valence-electron chi connectivity index (χ1n) is 8.53. The highest BCUT2D eigenvalue weighted by Crippen LogP contribution is 2.25. The molecule has 0 bridgehead atoms. The number of pyridine rings is 1. The lowest BCUT2D eigenvalue weighted by molar-refractivity contribution is 0.102. The fraction of sp³-hybridized carbons (Fsp3) is 0.182. The number of aromatic nitrogens is 1. The van der Waals surface area contributed by atoms with Gasteiger partial charge in [-0.2, -0.15) is 0 Å². The third-order valence-corrected chi connectivity index (χ3v) is 4.25. The van der Waals surface area contributed by atoms with Crippen molar-refractivity contribution < 1.29 is 9.53 Å². The fourth-order valence-corrected chi connectivity index (χ4v) is 2.91. The van der Waals surface area contributed by atoms with Gasteiger partial charge in [-0.3, -0.25) is 4.79 Å². The topological polar surface area (TPSA) is 51.2 Å². The van der Waals surface area contributed by atoms with Crippen LogP contribution in [0.5, 0.6) is 11.6 Å². The molecule has 1 aromatic heterocycles. The van der Waals surface area contributed by atoms with Crippen molar-refractivity contribution >= 4 is 11.6 Å². The lowest BCUT2D eigenvalue weighted by Gasteiger charge is -2.11. The first-order chi connectivity index (χ1) is 12.4. The van der Waals surface area contributed by atoms with Gasteiger partial charge in [0.25, 0.3) is 5.91 Å². The quantitative estimate of drug-likeness (QED) is 0.692. The molecule has 0 aliphatic carbocycles. The van der Waals surface area contributed by atoms with Crippen molar-refractivity contribution in [1.82, 2.24) is 4.98 Å². The Morgan fingerprint density at radius 3 is 2.27 bits per heavy atom. The maximum Gasteiger partial charge on any atom is 0.256 e. The number of nitrogens with one attached hydrogen (secondary N) is 1. The molecule has 0 saturated carbocycles. The number of carbonyl (C=O) groups excluding carboxylic acids is 1. The molecule has 0 unspecified atom stereocenters. The van der Waals surface area contributed by atoms with E-state index in [2.05, 4.69) is 16.4 Å². The number of ether oxygens (including phenoxy) is 1. The Balaban J connectivity index is 1.72. The van der Waals surface area contributed by atoms with Crippen molar-refractivity contribution in [2.45, 2.75) is 27.7 Å². The SMILES string of the molecule is Cc1ccc(Oc2ccc(NC(=O)c3c(C)cccc3C)cn2)c(C)c1. The van der Waals surface area contributed by atoms with Gasteiger partial charge in [-0.1, -0.05) is 35.9 Å². The molecule has 1 N–H and O–H groups in total. The second kappa shape index (κ2) is 7.40. The highest BCUT2D eigenvalue weighted by atomic mass is 16.5. The van der Waals surface area contributed by atoms with Crippen LogP contribution in [0.3, 0.4) is 0 Å². The Labute approximate surface area is 153 Å². The van der Waals surface area contributed by atoms with E-state index in [1.54, 1.807) is 18.3 Å². The zero-order valence-electron chi connectivity index (χ0n) is 15.5. The van der Waals surface area contributed by atoms with Crippen molar-refractivity contribution in [3.8, 4) is 11.6 Å². The summed E-state index contributed by atoms with van der Waals surface area (Å²) in [4.78, 5) is 16.8. The third-order valence-electron chi connectivity index (χ3n) is 4.25. The van der Waals surface area contributed by atoms with E-state index >= 15 is 0 Å². The van der Waals surface area contributed by atoms with Crippen LogP contribution in [-0.4, -0.2) is 10.9 Å². The molecule has 0 fully saturated rings. The van der Waals surface area contributed by atoms with Crippen LogP contribution in [0.25, 0.3) is 0 Å². The molecule has 0 atom stereocenters. The second-order valence-corrected chi connectivity index (χ2v) is 6.48. The summed E-state index contributed by atoms with van der Waals surface area (Å²) in [6.45, 7) is 7.91. The molecule has 3 aromatic rings. The summed E-state index contributed by atoms with van der Waals surface area (Å²) < 4.78 is 5.82. The molecular formula is C22H22N2O2. The summed E-state index contributed by atoms with van der Waals surface area (Å²) in [6, 6.07) is 15.3. The minimum atomic E-state index is -0.134. The Kier molecular flexibility index (Phi) is 5.03. The van der Waals surface area contributed by atoms with Gasteiger partial charge in [-0.25, -0.2) is 4.98 Å². The maximum atomic E-state index is 12.5. The number of nitrogens with zero attached hydrogens (tertiary/aromatic N) is 1. The lowest BCUT2D eigenvalue weighted by Crippen LogP contribution is -2.15. The summed E-state index contributed by atoms with van der Waals surface area (Å²) in [5, 5.41) is 2.89. The van der Waals surface area contributed by atoms with Crippen molar-refractivity contribution in [3.63, 3.8) is 0 Å². The number of hydrogen-bond acceptors (Lipinski definition) is 3. The van der Waals surface area contributed by atoms with Crippen LogP contribution >= 0.6 is 0 Å². The first kappa shape index (κ1) is 17.7. The van der Waals surface area contributed by atoms with Crippen LogP contribution < -0.4 is 10.1 Å². The molecule has 1 amide bonds. The summed E-state index contributed by atoms with van der Waals surface area (Å²) in [5.41, 5.74) is 5.47. The van der Waals surface area contributed by atoms with E-state index in [1.807, 2.05) is 58.0 Å². The van der Waals surface area contributed by atoms with E-state index in [1.165, 1.54) is 5.56 Å². The smallest absolute Gasteiger partial charge is 0.256 e. The van der Waals surface area contributed by atoms with Crippen molar-refractivity contribution in [3.05, 3.63) is 82.5 Å². The minimum absolute atomic E-state index is 0.134. The number of benzene rings is 2. The number of rotatable bonds is 4. The molecule has 2 aromatic carbocycles. The van der Waals surface area contributed by atoms with Crippen LogP contribution in [0, 0.1) is 27.7 Å². The van der Waals surface area contributed by atoms with Gasteiger partial charge in [0.1, 0.15) is 5.75 Å². The molecule has 4 nitrogen and oxygen atoms in total. The normalized spacial score (nSPS) is 10.5. The number of hydrogen-bond donors (Lipinski definition) is 1. The number of aryl methyl sites for hydroxylation is 4. The molecule has 0 aliphatic rings. The Morgan fingerprint density at radius 2 is 1.65 bits per heavy atom. The number of amides is 1. The molecule has 26 heavy (non-hydrogen) atoms. The zero-order chi connectivity index (χ0) is 18.7. The van der Waals surface area contributed by atoms with Crippen molar-refractivity contribution in [1.29, 1.82) is 0 Å². The van der Waals surface area contributed by atoms with Gasteiger partial charge in [0, 0.05) is 11.6 Å². The number of carbonyl (C=O) groups is 1. The molecule has 4 heteroatoms. The monoisotopic (exact) mass is 346 g/mol. The van der Waals surface area contributed by atoms with Crippen molar-refractivity contribution in [2.75, 3.05) is 5.32 Å². The number of anilines is 1. The van der Waals surface area contributed by atoms with Crippen molar-refractivity contribution in [2.24, 2.45) is 0 Å². The Morgan fingerprint density at radius 1 is 0.923 bits per heavy atom. The van der Waals surface area contributed by atoms with Gasteiger partial charge in [0.2, 0.25) is 5.88 Å². The molecule has 0 aliphatic heterocycles. The standard InChI is InChI=1S/C22H22N2O2/c1-14-8-10-19(17(4)12-14)26-20-11-9-18(13-23-20)24-22(25)21-15(2)6-5-7-16(21)3/h5-13H,1-4H3,(H,24,25). The fourth-order valence-electron chi connectivity index (χ4n) is 2.91. The third kappa shape index (κ3) is 3.91. The zero-order valence-corrected chi connectivity index (χ0v) is 15.5. The predicted molar refractivity (Wildman–Crippen MR) is 104 cm³/mol. The molecule has 3 rings (SSSR count). The van der Waals surface area contributed by atoms with Crippen LogP contribution in [0.4, 0.5) is 5.69 Å². The van der Waals surface area contributed by atoms with Crippen LogP contribution in [0.15, 0.2) is 54.7 Å². The highest BCUT2D eigenvalue weighted by molar-refractivity contribution is 6.06. The molecule has 1 heterocycles. The summed E-state index contributed by atoms with van der Waals surface area (Å²) in [5.74, 6) is 1.13. The molecule has 0 saturated heterocycles. The average Bonchev–Trinajstić information content (AvgIpc) is 2.59. The van der Waals surface area contributed by atoms with E-state index in [-0.39, 0.29) is 5.91 Å². The van der Waals surface area contributed by atoms with E-state index in [0.29, 0.717) is 17.1 Å². The van der Waals surface area contributed by atoms with Gasteiger partial charge in [-0.15, -0.1) is 0 Å². The van der Waals surface area contributed by atoms with E-state index in [4.69, 9.17) is 4.74 Å². The molecular weight excluding hydrogens is 324 g/mol. The van der Waals surface area contributed by atoms with Gasteiger partial charge in [0.15, 0.2) is 0 Å². The second-order valence-electron chi connectivity index (χ2n) is 6.48. The van der Waals surface area contributed by atoms with E-state index < -0.39 is 0 Å². The summed E-state index contributed by atoms with van der Waals surface area (Å²) in [6.07, 6.45) is 1.60. The van der Waals surface area contributed by atoms with Crippen LogP contribution in [0.2, 0.25) is 0 Å². The first-order valence-corrected chi connectivity index (χ1v) is 8.53. The Hall–Kier alpha value is -3.14. The Bertz CT molecular complexity index is 927. The van der Waals surface area contributed by atoms with E-state index in [9.17, 15) is 4.79 Å². The summed E-state index contributed by atoms with van der Waals surface area (Å²) >= 11 is 0. The van der Waals surface area contributed by atoms with Crippen LogP contribution in [-0.2, 0) is 0 Å². The minimum Gasteiger partial charge on any atom is -0.439 e. The lowest BCUT2D eigenvalue weighted by atomic mass is 10.0. The molecule has 0 radical (unpaired) electrons. The predicted octanol–water partition coefficient (Wildman–Crippen LogP) is 5.36. The highest BCUT2D eigenvalue weighted by Gasteiger charge is 2.12. The molecule has 0 spiro atoms. The van der Waals surface area contributed by atoms with Gasteiger partial charge < -0.3 is 10.1 Å². The van der Waals surface area contributed by atoms with Crippen LogP contribution in [0.1, 0.15) is 32.6 Å². The maximum absolute atomic E-state index is 12.5. The van der Waals surface area contributed by atoms with Gasteiger partial charge >= 0.3 is 0 Å². The van der Waals surface area contributed by atoms with E-state index in [0.717, 1.165) is 22.4 Å². The summed E-state index contributed by atoms with van der Waals surface area (Å²) in [7, 11) is 0. The largest absolute Gasteiger partial charge is 0.439 e. The average molecular weight is 346 g/mol. The van der Waals surface area contributed by atoms with Gasteiger partial charge in [0.05, 0.1) is 11.9 Å².